The lowest BCUT2D eigenvalue weighted by Gasteiger charge is -2.26. The summed E-state index contributed by atoms with van der Waals surface area (Å²) in [5, 5.41) is 2.14. The van der Waals surface area contributed by atoms with E-state index in [1.165, 1.54) is 18.2 Å². The summed E-state index contributed by atoms with van der Waals surface area (Å²) in [4.78, 5) is 37.7. The molecule has 2 aromatic carbocycles. The zero-order valence-electron chi connectivity index (χ0n) is 14.3. The molecule has 1 aliphatic heterocycles. The van der Waals surface area contributed by atoms with Gasteiger partial charge in [0.2, 0.25) is 0 Å². The van der Waals surface area contributed by atoms with E-state index in [1.54, 1.807) is 0 Å². The van der Waals surface area contributed by atoms with Crippen LogP contribution in [0.5, 0.6) is 0 Å². The lowest BCUT2D eigenvalue weighted by Crippen LogP contribution is -2.54. The molecule has 0 radical (unpaired) electrons. The number of nitrogens with zero attached hydrogens (tertiary/aromatic N) is 1. The molecule has 0 atom stereocenters. The zero-order valence-corrected chi connectivity index (χ0v) is 14.3. The summed E-state index contributed by atoms with van der Waals surface area (Å²) in [6.45, 7) is 4.13. The molecule has 0 bridgehead atoms. The number of hydrogen-bond donors (Lipinski definition) is 1. The minimum absolute atomic E-state index is 0.161. The van der Waals surface area contributed by atoms with Gasteiger partial charge in [0.1, 0.15) is 11.4 Å². The third kappa shape index (κ3) is 3.39. The molecular formula is C20H17FN2O3. The first-order chi connectivity index (χ1) is 12.4. The number of nitrogens with one attached hydrogen (secondary N) is 1. The molecule has 2 aromatic rings. The van der Waals surface area contributed by atoms with E-state index in [0.29, 0.717) is 11.5 Å². The largest absolute Gasteiger partial charge is 0.335 e. The van der Waals surface area contributed by atoms with Crippen molar-refractivity contribution in [2.45, 2.75) is 19.8 Å². The Hall–Kier alpha value is -3.28. The summed E-state index contributed by atoms with van der Waals surface area (Å²) in [5.41, 5.74) is 1.82. The van der Waals surface area contributed by atoms with Crippen molar-refractivity contribution in [1.29, 1.82) is 0 Å². The summed E-state index contributed by atoms with van der Waals surface area (Å²) in [7, 11) is 0. The Kier molecular flexibility index (Phi) is 4.67. The van der Waals surface area contributed by atoms with E-state index in [9.17, 15) is 18.8 Å². The van der Waals surface area contributed by atoms with Gasteiger partial charge in [-0.3, -0.25) is 14.9 Å². The van der Waals surface area contributed by atoms with Crippen LogP contribution in [-0.4, -0.2) is 17.8 Å². The Morgan fingerprint density at radius 3 is 2.15 bits per heavy atom. The average Bonchev–Trinajstić information content (AvgIpc) is 2.60. The number of halogens is 1. The summed E-state index contributed by atoms with van der Waals surface area (Å²) >= 11 is 0. The van der Waals surface area contributed by atoms with Gasteiger partial charge in [-0.15, -0.1) is 0 Å². The molecule has 1 saturated heterocycles. The van der Waals surface area contributed by atoms with Crippen molar-refractivity contribution >= 4 is 29.6 Å². The van der Waals surface area contributed by atoms with Crippen LogP contribution < -0.4 is 10.2 Å². The van der Waals surface area contributed by atoms with E-state index >= 15 is 0 Å². The van der Waals surface area contributed by atoms with Crippen molar-refractivity contribution in [3.05, 3.63) is 71.0 Å². The quantitative estimate of drug-likeness (QED) is 0.678. The minimum Gasteiger partial charge on any atom is -0.273 e. The van der Waals surface area contributed by atoms with Crippen molar-refractivity contribution in [2.24, 2.45) is 0 Å². The van der Waals surface area contributed by atoms with E-state index in [-0.39, 0.29) is 11.3 Å². The van der Waals surface area contributed by atoms with Crippen molar-refractivity contribution < 1.29 is 18.8 Å². The Morgan fingerprint density at radius 2 is 1.58 bits per heavy atom. The average molecular weight is 352 g/mol. The number of urea groups is 1. The molecule has 0 aliphatic carbocycles. The summed E-state index contributed by atoms with van der Waals surface area (Å²) in [5.74, 6) is -1.64. The molecule has 4 amide bonds. The number of barbiturate groups is 1. The lowest BCUT2D eigenvalue weighted by atomic mass is 10.0. The molecule has 1 N–H and O–H groups in total. The molecule has 1 aliphatic rings. The van der Waals surface area contributed by atoms with E-state index < -0.39 is 23.7 Å². The first-order valence-electron chi connectivity index (χ1n) is 8.14. The van der Waals surface area contributed by atoms with Crippen molar-refractivity contribution in [3.8, 4) is 0 Å². The number of carbonyl (C=O) groups excluding carboxylic acids is 3. The van der Waals surface area contributed by atoms with Crippen molar-refractivity contribution in [1.82, 2.24) is 5.32 Å². The fraction of sp³-hybridized carbons (Fsp3) is 0.150. The highest BCUT2D eigenvalue weighted by Gasteiger charge is 2.36. The van der Waals surface area contributed by atoms with Gasteiger partial charge in [-0.1, -0.05) is 38.1 Å². The molecule has 3 rings (SSSR count). The second-order valence-electron chi connectivity index (χ2n) is 6.26. The van der Waals surface area contributed by atoms with Crippen LogP contribution in [0.2, 0.25) is 0 Å². The Labute approximate surface area is 150 Å². The Balaban J connectivity index is 1.95. The van der Waals surface area contributed by atoms with Gasteiger partial charge in [-0.05, 0) is 47.4 Å². The number of imide groups is 2. The molecule has 5 nitrogen and oxygen atoms in total. The topological polar surface area (TPSA) is 66.5 Å². The second kappa shape index (κ2) is 6.92. The van der Waals surface area contributed by atoms with E-state index in [2.05, 4.69) is 19.2 Å². The van der Waals surface area contributed by atoms with Crippen molar-refractivity contribution in [3.63, 3.8) is 0 Å². The lowest BCUT2D eigenvalue weighted by molar-refractivity contribution is -0.122. The number of rotatable bonds is 3. The van der Waals surface area contributed by atoms with E-state index in [0.717, 1.165) is 22.6 Å². The van der Waals surface area contributed by atoms with Crippen LogP contribution in [0.3, 0.4) is 0 Å². The molecule has 1 fully saturated rings. The molecule has 6 heteroatoms. The van der Waals surface area contributed by atoms with Crippen molar-refractivity contribution in [2.75, 3.05) is 4.90 Å². The molecule has 26 heavy (non-hydrogen) atoms. The van der Waals surface area contributed by atoms with Gasteiger partial charge in [0.15, 0.2) is 0 Å². The maximum absolute atomic E-state index is 13.1. The molecule has 1 heterocycles. The van der Waals surface area contributed by atoms with Crippen LogP contribution in [0.25, 0.3) is 6.08 Å². The van der Waals surface area contributed by atoms with E-state index in [1.807, 2.05) is 24.3 Å². The number of amides is 4. The Morgan fingerprint density at radius 1 is 0.962 bits per heavy atom. The highest BCUT2D eigenvalue weighted by molar-refractivity contribution is 6.39. The number of anilines is 1. The van der Waals surface area contributed by atoms with Crippen LogP contribution in [0.15, 0.2) is 54.1 Å². The van der Waals surface area contributed by atoms with Gasteiger partial charge >= 0.3 is 6.03 Å². The molecule has 0 spiro atoms. The van der Waals surface area contributed by atoms with Gasteiger partial charge < -0.3 is 0 Å². The predicted molar refractivity (Wildman–Crippen MR) is 95.9 cm³/mol. The third-order valence-electron chi connectivity index (χ3n) is 4.10. The van der Waals surface area contributed by atoms with Gasteiger partial charge in [0.25, 0.3) is 11.8 Å². The van der Waals surface area contributed by atoms with Crippen LogP contribution in [0.1, 0.15) is 30.9 Å². The van der Waals surface area contributed by atoms with Gasteiger partial charge in [0.05, 0.1) is 5.69 Å². The molecule has 0 saturated carbocycles. The number of carbonyl (C=O) groups is 3. The normalized spacial score (nSPS) is 16.4. The Bertz CT molecular complexity index is 900. The summed E-state index contributed by atoms with van der Waals surface area (Å²) in [6.07, 6.45) is 1.44. The van der Waals surface area contributed by atoms with Crippen LogP contribution >= 0.6 is 0 Å². The molecular weight excluding hydrogens is 335 g/mol. The second-order valence-corrected chi connectivity index (χ2v) is 6.26. The summed E-state index contributed by atoms with van der Waals surface area (Å²) in [6, 6.07) is 11.5. The third-order valence-corrected chi connectivity index (χ3v) is 4.10. The molecule has 0 unspecified atom stereocenters. The highest BCUT2D eigenvalue weighted by Crippen LogP contribution is 2.23. The fourth-order valence-corrected chi connectivity index (χ4v) is 2.63. The molecule has 132 valence electrons. The van der Waals surface area contributed by atoms with Crippen LogP contribution in [0.4, 0.5) is 14.9 Å². The van der Waals surface area contributed by atoms with Crippen LogP contribution in [0, 0.1) is 5.82 Å². The number of hydrogen-bond acceptors (Lipinski definition) is 3. The maximum Gasteiger partial charge on any atom is 0.335 e. The standard InChI is InChI=1S/C20H17FN2O3/c1-12(2)14-5-3-13(4-6-14)11-17-18(24)22-20(26)23(19(17)25)16-9-7-15(21)8-10-16/h3-12H,1-2H3,(H,22,24,26)/b17-11-. The molecule has 0 aromatic heterocycles. The van der Waals surface area contributed by atoms with E-state index in [4.69, 9.17) is 0 Å². The monoisotopic (exact) mass is 352 g/mol. The van der Waals surface area contributed by atoms with Crippen LogP contribution in [-0.2, 0) is 9.59 Å². The fourth-order valence-electron chi connectivity index (χ4n) is 2.63. The smallest absolute Gasteiger partial charge is 0.273 e. The highest BCUT2D eigenvalue weighted by atomic mass is 19.1. The zero-order chi connectivity index (χ0) is 18.8. The maximum atomic E-state index is 13.1. The minimum atomic E-state index is -0.862. The number of benzene rings is 2. The van der Waals surface area contributed by atoms with Gasteiger partial charge in [-0.2, -0.15) is 0 Å². The predicted octanol–water partition coefficient (Wildman–Crippen LogP) is 3.62. The summed E-state index contributed by atoms with van der Waals surface area (Å²) < 4.78 is 13.1. The van der Waals surface area contributed by atoms with Gasteiger partial charge in [-0.25, -0.2) is 14.1 Å². The first kappa shape index (κ1) is 17.5. The SMILES string of the molecule is CC(C)c1ccc(/C=C2/C(=O)NC(=O)N(c3ccc(F)cc3)C2=O)cc1. The van der Waals surface area contributed by atoms with Gasteiger partial charge in [0, 0.05) is 0 Å². The first-order valence-corrected chi connectivity index (χ1v) is 8.14.